The molecule has 0 aliphatic carbocycles. The summed E-state index contributed by atoms with van der Waals surface area (Å²) in [7, 11) is -20.0. The van der Waals surface area contributed by atoms with Crippen molar-refractivity contribution in [3.05, 3.63) is 96.1 Å². The molecule has 2 aromatic heterocycles. The summed E-state index contributed by atoms with van der Waals surface area (Å²) in [5, 5.41) is 86.1. The van der Waals surface area contributed by atoms with Gasteiger partial charge in [-0.05, 0) is 71.4 Å². The van der Waals surface area contributed by atoms with Crippen molar-refractivity contribution in [1.29, 1.82) is 0 Å². The van der Waals surface area contributed by atoms with Crippen LogP contribution >= 0.6 is 45.3 Å². The Balaban J connectivity index is 1.15. The van der Waals surface area contributed by atoms with E-state index in [4.69, 9.17) is 0 Å². The van der Waals surface area contributed by atoms with E-state index in [1.807, 2.05) is 0 Å². The Morgan fingerprint density at radius 1 is 0.467 bits per heavy atom. The molecule has 18 N–H and O–H groups in total. The van der Waals surface area contributed by atoms with Crippen LogP contribution in [0.1, 0.15) is 33.6 Å². The average Bonchev–Trinajstić information content (AvgIpc) is 0.788. The van der Waals surface area contributed by atoms with Crippen LogP contribution in [0.3, 0.4) is 0 Å². The van der Waals surface area contributed by atoms with Crippen LogP contribution < -0.4 is 21.3 Å². The molecule has 0 spiro atoms. The molecule has 0 aliphatic heterocycles. The zero-order valence-corrected chi connectivity index (χ0v) is 49.7. The van der Waals surface area contributed by atoms with Crippen LogP contribution in [0.25, 0.3) is 21.5 Å². The van der Waals surface area contributed by atoms with Gasteiger partial charge >= 0.3 is 23.9 Å². The highest BCUT2D eigenvalue weighted by atomic mass is 32.3. The lowest BCUT2D eigenvalue weighted by molar-refractivity contribution is -0.137. The molecular weight excluding hydrogens is 1320 g/mol. The van der Waals surface area contributed by atoms with Crippen molar-refractivity contribution in [3.8, 4) is 11.5 Å². The number of carboxylic acid groups (broad SMARTS) is 4. The summed E-state index contributed by atoms with van der Waals surface area (Å²) in [6.45, 7) is -0.369. The molecule has 0 atom stereocenters. The number of anilines is 6. The van der Waals surface area contributed by atoms with Crippen LogP contribution in [0.15, 0.2) is 135 Å². The van der Waals surface area contributed by atoms with Crippen LogP contribution in [-0.4, -0.2) is 162 Å². The number of aromatic hydroxyl groups is 2. The topological polar surface area (TPSA) is 595 Å². The number of fused-ring (bicyclic) bond motifs is 2. The summed E-state index contributed by atoms with van der Waals surface area (Å²) >= 11 is 1.61. The van der Waals surface area contributed by atoms with Gasteiger partial charge in [-0.1, -0.05) is 47.8 Å². The summed E-state index contributed by atoms with van der Waals surface area (Å²) < 4.78 is 134. The number of aromatic nitrogens is 6. The van der Waals surface area contributed by atoms with Gasteiger partial charge in [0.2, 0.25) is 23.8 Å². The second-order valence-electron chi connectivity index (χ2n) is 17.9. The molecule has 8 aromatic rings. The quantitative estimate of drug-likeness (QED) is 0.00985. The number of nitrogens with one attached hydrogen (secondary N) is 4. The number of phenols is 2. The Kier molecular flexibility index (Phi) is 20.2. The van der Waals surface area contributed by atoms with E-state index < -0.39 is 172 Å². The van der Waals surface area contributed by atoms with E-state index in [1.165, 1.54) is 36.4 Å². The average molecular weight is 1360 g/mol. The minimum absolute atomic E-state index is 0.118. The summed E-state index contributed by atoms with van der Waals surface area (Å²) in [6.07, 6.45) is -0.796. The van der Waals surface area contributed by atoms with Gasteiger partial charge in [-0.25, -0.2) is 9.59 Å². The highest BCUT2D eigenvalue weighted by Crippen LogP contribution is 2.56. The van der Waals surface area contributed by atoms with Crippen molar-refractivity contribution in [1.82, 2.24) is 29.9 Å². The first-order chi connectivity index (χ1) is 42.2. The molecule has 0 fully saturated rings. The molecular formula is C48H44N14O22S6. The summed E-state index contributed by atoms with van der Waals surface area (Å²) in [4.78, 5) is 68.9. The number of carboxylic acids is 4. The predicted molar refractivity (Wildman–Crippen MR) is 323 cm³/mol. The molecule has 0 saturated carbocycles. The van der Waals surface area contributed by atoms with Crippen molar-refractivity contribution in [2.45, 2.75) is 42.7 Å². The number of hydrogen-bond acceptors (Lipinski definition) is 32. The molecule has 0 radical (unpaired) electrons. The summed E-state index contributed by atoms with van der Waals surface area (Å²) in [5.74, 6) is -9.10. The highest BCUT2D eigenvalue weighted by molar-refractivity contribution is 8.19. The van der Waals surface area contributed by atoms with Crippen LogP contribution in [0.5, 0.6) is 11.5 Å². The van der Waals surface area contributed by atoms with Gasteiger partial charge in [-0.2, -0.15) is 46.7 Å². The Hall–Kier alpha value is -9.28. The number of hydrogen-bond donors (Lipinski definition) is 18. The zero-order chi connectivity index (χ0) is 65.6. The molecule has 8 rings (SSSR count). The lowest BCUT2D eigenvalue weighted by Gasteiger charge is -2.23. The smallest absolute Gasteiger partial charge is 0.337 e. The van der Waals surface area contributed by atoms with Gasteiger partial charge in [0, 0.05) is 35.4 Å². The van der Waals surface area contributed by atoms with E-state index in [9.17, 15) is 103 Å². The molecule has 0 saturated heterocycles. The number of thioether (sulfide) groups is 2. The third kappa shape index (κ3) is 16.5. The molecule has 0 amide bonds. The number of rotatable bonds is 27. The number of aliphatic carboxylic acids is 2. The largest absolute Gasteiger partial charge is 0.505 e. The van der Waals surface area contributed by atoms with Crippen molar-refractivity contribution >= 4 is 169 Å². The molecule has 2 heterocycles. The molecule has 474 valence electrons. The van der Waals surface area contributed by atoms with Gasteiger partial charge in [-0.15, -0.1) is 20.5 Å². The lowest BCUT2D eigenvalue weighted by atomic mass is 10.1. The maximum Gasteiger partial charge on any atom is 0.337 e. The first-order valence-corrected chi connectivity index (χ1v) is 32.5. The molecule has 0 bridgehead atoms. The minimum atomic E-state index is -5.34. The van der Waals surface area contributed by atoms with Gasteiger partial charge in [0.25, 0.3) is 20.2 Å². The van der Waals surface area contributed by atoms with E-state index in [1.54, 1.807) is 0 Å². The standard InChI is InChI=1S/C48H44N14O22S6/c63-33(64)9-13-85-47-55-43(53-45(57-47)51-29-19-23(87(73,74)75)15-21-17-31(89(79,80)81)37(39(67)35(21)29)61-59-27-7-3-1-5-25(27)41(69)70)49-11-12-50-44-54-46(58-48(56-44)86-14-10-34(65)66)52-30-20-24(88(76,77)78)16-22-18-32(90(82,83)84)38(40(68)36(22)30)62-60-28-8-4-2-6-26(28)42(71)72/h1-8,15-20,67-68,73-75,82-84H,9-14H2,(H,63,64)(H,65,66)(H,69,70)(H,71,72)(H,76,77,78)(H,79,80,81)(H2,49,51,53,55,57)(H2,50,52,54,56,58). The lowest BCUT2D eigenvalue weighted by Crippen LogP contribution is -2.18. The Bertz CT molecular complexity index is 4500. The van der Waals surface area contributed by atoms with Crippen molar-refractivity contribution < 1.29 is 103 Å². The third-order valence-electron chi connectivity index (χ3n) is 11.7. The van der Waals surface area contributed by atoms with Gasteiger partial charge in [0.1, 0.15) is 49.4 Å². The Morgan fingerprint density at radius 3 is 1.27 bits per heavy atom. The Morgan fingerprint density at radius 2 is 0.867 bits per heavy atom. The molecule has 42 heteroatoms. The van der Waals surface area contributed by atoms with Crippen molar-refractivity contribution in [3.63, 3.8) is 0 Å². The molecule has 6 aromatic carbocycles. The van der Waals surface area contributed by atoms with E-state index in [-0.39, 0.29) is 63.7 Å². The van der Waals surface area contributed by atoms with Crippen molar-refractivity contribution in [2.24, 2.45) is 20.5 Å². The number of nitrogens with zero attached hydrogens (tertiary/aromatic N) is 10. The molecule has 0 unspecified atom stereocenters. The van der Waals surface area contributed by atoms with Crippen LogP contribution in [-0.2, 0) is 29.8 Å². The Labute approximate surface area is 515 Å². The fourth-order valence-electron chi connectivity index (χ4n) is 7.87. The fraction of sp³-hybridized carbons (Fsp3) is 0.125. The SMILES string of the molecule is O=C(O)CCSc1nc(NCCNc2nc(Nc3cc(S(O)(O)O)cc4cc(S(=O)(=O)O)c(N=Nc5ccccc5C(=O)O)c(O)c34)nc(SCCC(=O)O)n2)nc(Nc2cc(S(=O)(=O)O)cc3cc(S(O)(O)O)c(N=Nc4ccccc4C(=O)O)c(O)c23)n1. The van der Waals surface area contributed by atoms with Crippen LogP contribution in [0.2, 0.25) is 0 Å². The van der Waals surface area contributed by atoms with Gasteiger partial charge < -0.3 is 79.2 Å². The van der Waals surface area contributed by atoms with Crippen LogP contribution in [0.4, 0.5) is 57.9 Å². The zero-order valence-electron chi connectivity index (χ0n) is 44.8. The van der Waals surface area contributed by atoms with Crippen LogP contribution in [0, 0.1) is 0 Å². The normalized spacial score (nSPS) is 12.6. The second kappa shape index (κ2) is 27.2. The first kappa shape index (κ1) is 66.7. The molecule has 0 aliphatic rings. The second-order valence-corrected chi connectivity index (χ2v) is 25.9. The van der Waals surface area contributed by atoms with Gasteiger partial charge in [0.15, 0.2) is 21.8 Å². The van der Waals surface area contributed by atoms with E-state index in [2.05, 4.69) is 71.6 Å². The molecule has 90 heavy (non-hydrogen) atoms. The number of benzene rings is 6. The van der Waals surface area contributed by atoms with Gasteiger partial charge in [-0.3, -0.25) is 18.7 Å². The minimum Gasteiger partial charge on any atom is -0.505 e. The van der Waals surface area contributed by atoms with E-state index in [0.717, 1.165) is 66.0 Å². The molecule has 36 nitrogen and oxygen atoms in total. The number of phenolic OH excluding ortho intramolecular Hbond substituents is 2. The maximum absolute atomic E-state index is 12.8. The maximum atomic E-state index is 12.8. The number of carbonyl (C=O) groups is 4. The first-order valence-electron chi connectivity index (χ1n) is 24.6. The van der Waals surface area contributed by atoms with E-state index in [0.29, 0.717) is 6.07 Å². The third-order valence-corrected chi connectivity index (χ3v) is 16.9. The summed E-state index contributed by atoms with van der Waals surface area (Å²) in [6, 6.07) is 15.0. The predicted octanol–water partition coefficient (Wildman–Crippen LogP) is 9.80. The van der Waals surface area contributed by atoms with E-state index >= 15 is 0 Å². The number of azo groups is 2. The highest BCUT2D eigenvalue weighted by Gasteiger charge is 2.30. The number of aromatic carboxylic acids is 2. The monoisotopic (exact) mass is 1360 g/mol. The fourth-order valence-corrected chi connectivity index (χ4v) is 11.8. The van der Waals surface area contributed by atoms with Crippen molar-refractivity contribution in [2.75, 3.05) is 45.9 Å². The summed E-state index contributed by atoms with van der Waals surface area (Å²) in [5.41, 5.74) is -4.07. The van der Waals surface area contributed by atoms with Gasteiger partial charge in [0.05, 0.1) is 50.0 Å².